The predicted molar refractivity (Wildman–Crippen MR) is 67.7 cm³/mol. The summed E-state index contributed by atoms with van der Waals surface area (Å²) in [5.41, 5.74) is 1.29. The van der Waals surface area contributed by atoms with E-state index in [0.29, 0.717) is 6.04 Å². The highest BCUT2D eigenvalue weighted by Gasteiger charge is 2.22. The molecule has 1 unspecified atom stereocenters. The second-order valence-electron chi connectivity index (χ2n) is 5.54. The largest absolute Gasteiger partial charge is 0.468 e. The molecule has 3 rings (SSSR count). The Morgan fingerprint density at radius 2 is 2.29 bits per heavy atom. The van der Waals surface area contributed by atoms with Crippen molar-refractivity contribution in [1.82, 2.24) is 10.2 Å². The van der Waals surface area contributed by atoms with Crippen molar-refractivity contribution in [3.8, 4) is 0 Å². The molecular weight excluding hydrogens is 212 g/mol. The van der Waals surface area contributed by atoms with E-state index in [2.05, 4.69) is 23.2 Å². The zero-order chi connectivity index (χ0) is 11.7. The van der Waals surface area contributed by atoms with E-state index < -0.39 is 0 Å². The second kappa shape index (κ2) is 4.83. The van der Waals surface area contributed by atoms with Crippen LogP contribution in [0.15, 0.2) is 16.7 Å². The summed E-state index contributed by atoms with van der Waals surface area (Å²) >= 11 is 0. The highest BCUT2D eigenvalue weighted by atomic mass is 16.3. The predicted octanol–water partition coefficient (Wildman–Crippen LogP) is 2.52. The molecule has 1 N–H and O–H groups in total. The molecule has 3 nitrogen and oxygen atoms in total. The quantitative estimate of drug-likeness (QED) is 0.848. The van der Waals surface area contributed by atoms with Crippen LogP contribution in [0.2, 0.25) is 0 Å². The molecule has 0 bridgehead atoms. The van der Waals surface area contributed by atoms with Gasteiger partial charge in [0.1, 0.15) is 5.76 Å². The molecule has 2 heterocycles. The van der Waals surface area contributed by atoms with Crippen molar-refractivity contribution in [3.05, 3.63) is 23.7 Å². The molecule has 1 saturated heterocycles. The molecule has 0 amide bonds. The van der Waals surface area contributed by atoms with Crippen LogP contribution >= 0.6 is 0 Å². The van der Waals surface area contributed by atoms with Crippen LogP contribution in [-0.4, -0.2) is 23.5 Å². The van der Waals surface area contributed by atoms with Crippen LogP contribution in [0.4, 0.5) is 0 Å². The van der Waals surface area contributed by atoms with Crippen molar-refractivity contribution in [2.75, 3.05) is 6.54 Å². The molecule has 1 aromatic heterocycles. The van der Waals surface area contributed by atoms with Crippen molar-refractivity contribution < 1.29 is 4.42 Å². The van der Waals surface area contributed by atoms with E-state index in [1.807, 2.05) is 6.26 Å². The lowest BCUT2D eigenvalue weighted by molar-refractivity contribution is 0.238. The molecule has 17 heavy (non-hydrogen) atoms. The van der Waals surface area contributed by atoms with Crippen LogP contribution in [-0.2, 0) is 13.1 Å². The Kier molecular flexibility index (Phi) is 3.21. The Morgan fingerprint density at radius 3 is 3.00 bits per heavy atom. The third-order valence-corrected chi connectivity index (χ3v) is 3.93. The Morgan fingerprint density at radius 1 is 1.41 bits per heavy atom. The lowest BCUT2D eigenvalue weighted by atomic mass is 10.2. The summed E-state index contributed by atoms with van der Waals surface area (Å²) in [6, 6.07) is 3.69. The summed E-state index contributed by atoms with van der Waals surface area (Å²) in [4.78, 5) is 2.51. The zero-order valence-corrected chi connectivity index (χ0v) is 10.6. The average molecular weight is 234 g/mol. The first-order valence-electron chi connectivity index (χ1n) is 6.85. The van der Waals surface area contributed by atoms with Crippen LogP contribution < -0.4 is 5.32 Å². The fourth-order valence-corrected chi connectivity index (χ4v) is 2.58. The average Bonchev–Trinajstić information content (AvgIpc) is 2.92. The van der Waals surface area contributed by atoms with Crippen LogP contribution in [0.3, 0.4) is 0 Å². The molecule has 1 aliphatic carbocycles. The number of hydrogen-bond acceptors (Lipinski definition) is 3. The van der Waals surface area contributed by atoms with Crippen LogP contribution in [0.5, 0.6) is 0 Å². The molecule has 1 saturated carbocycles. The third-order valence-electron chi connectivity index (χ3n) is 3.93. The second-order valence-corrected chi connectivity index (χ2v) is 5.54. The monoisotopic (exact) mass is 234 g/mol. The highest BCUT2D eigenvalue weighted by molar-refractivity contribution is 5.13. The van der Waals surface area contributed by atoms with Gasteiger partial charge in [-0.1, -0.05) is 0 Å². The van der Waals surface area contributed by atoms with E-state index in [1.165, 1.54) is 37.8 Å². The normalized spacial score (nSPS) is 25.6. The first-order chi connectivity index (χ1) is 8.31. The molecule has 0 aromatic carbocycles. The molecule has 0 radical (unpaired) electrons. The Bertz CT molecular complexity index is 370. The topological polar surface area (TPSA) is 28.4 Å². The minimum absolute atomic E-state index is 0.716. The maximum Gasteiger partial charge on any atom is 0.118 e. The van der Waals surface area contributed by atoms with Crippen molar-refractivity contribution in [3.63, 3.8) is 0 Å². The molecule has 3 heteroatoms. The van der Waals surface area contributed by atoms with E-state index in [4.69, 9.17) is 4.42 Å². The maximum atomic E-state index is 5.65. The lowest BCUT2D eigenvalue weighted by Crippen LogP contribution is -2.25. The molecule has 0 spiro atoms. The molecule has 1 aliphatic heterocycles. The van der Waals surface area contributed by atoms with E-state index in [-0.39, 0.29) is 0 Å². The SMILES string of the molecule is CC1CCCN1Cc1cc(CNC2CC2)co1. The van der Waals surface area contributed by atoms with Crippen molar-refractivity contribution in [2.45, 2.75) is 57.8 Å². The minimum Gasteiger partial charge on any atom is -0.468 e. The van der Waals surface area contributed by atoms with Crippen LogP contribution in [0, 0.1) is 0 Å². The zero-order valence-electron chi connectivity index (χ0n) is 10.6. The van der Waals surface area contributed by atoms with Crippen molar-refractivity contribution in [1.29, 1.82) is 0 Å². The van der Waals surface area contributed by atoms with E-state index >= 15 is 0 Å². The van der Waals surface area contributed by atoms with Gasteiger partial charge in [0.05, 0.1) is 12.8 Å². The third kappa shape index (κ3) is 2.90. The number of furan rings is 1. The summed E-state index contributed by atoms with van der Waals surface area (Å²) in [7, 11) is 0. The van der Waals surface area contributed by atoms with Crippen molar-refractivity contribution in [2.24, 2.45) is 0 Å². The number of nitrogens with one attached hydrogen (secondary N) is 1. The summed E-state index contributed by atoms with van der Waals surface area (Å²) in [6.07, 6.45) is 7.26. The van der Waals surface area contributed by atoms with Gasteiger partial charge in [0, 0.05) is 24.2 Å². The van der Waals surface area contributed by atoms with Crippen LogP contribution in [0.1, 0.15) is 43.9 Å². The first-order valence-corrected chi connectivity index (χ1v) is 6.85. The standard InChI is InChI=1S/C14H22N2O/c1-11-3-2-6-16(11)9-14-7-12(10-17-14)8-15-13-4-5-13/h7,10-11,13,15H,2-6,8-9H2,1H3. The fourth-order valence-electron chi connectivity index (χ4n) is 2.58. The molecule has 94 valence electrons. The summed E-state index contributed by atoms with van der Waals surface area (Å²) in [6.45, 7) is 5.47. The summed E-state index contributed by atoms with van der Waals surface area (Å²) in [5.74, 6) is 1.12. The Labute approximate surface area is 103 Å². The minimum atomic E-state index is 0.716. The van der Waals surface area contributed by atoms with Gasteiger partial charge in [-0.2, -0.15) is 0 Å². The van der Waals surface area contributed by atoms with Gasteiger partial charge >= 0.3 is 0 Å². The smallest absolute Gasteiger partial charge is 0.118 e. The number of likely N-dealkylation sites (tertiary alicyclic amines) is 1. The molecular formula is C14H22N2O. The van der Waals surface area contributed by atoms with Gasteiger partial charge < -0.3 is 9.73 Å². The Hall–Kier alpha value is -0.800. The molecule has 2 aliphatic rings. The van der Waals surface area contributed by atoms with Gasteiger partial charge in [0.2, 0.25) is 0 Å². The highest BCUT2D eigenvalue weighted by Crippen LogP contribution is 2.22. The Balaban J connectivity index is 1.52. The van der Waals surface area contributed by atoms with E-state index in [9.17, 15) is 0 Å². The van der Waals surface area contributed by atoms with Gasteiger partial charge in [-0.3, -0.25) is 4.90 Å². The van der Waals surface area contributed by atoms with Gasteiger partial charge in [-0.05, 0) is 45.2 Å². The molecule has 1 aromatic rings. The van der Waals surface area contributed by atoms with Gasteiger partial charge in [-0.25, -0.2) is 0 Å². The van der Waals surface area contributed by atoms with Gasteiger partial charge in [-0.15, -0.1) is 0 Å². The number of nitrogens with zero attached hydrogens (tertiary/aromatic N) is 1. The lowest BCUT2D eigenvalue weighted by Gasteiger charge is -2.18. The van der Waals surface area contributed by atoms with Crippen molar-refractivity contribution >= 4 is 0 Å². The first kappa shape index (κ1) is 11.3. The van der Waals surface area contributed by atoms with Crippen LogP contribution in [0.25, 0.3) is 0 Å². The molecule has 1 atom stereocenters. The van der Waals surface area contributed by atoms with E-state index in [1.54, 1.807) is 0 Å². The number of hydrogen-bond donors (Lipinski definition) is 1. The summed E-state index contributed by atoms with van der Waals surface area (Å²) in [5, 5.41) is 3.52. The van der Waals surface area contributed by atoms with Gasteiger partial charge in [0.25, 0.3) is 0 Å². The molecule has 2 fully saturated rings. The van der Waals surface area contributed by atoms with E-state index in [0.717, 1.165) is 24.9 Å². The fraction of sp³-hybridized carbons (Fsp3) is 0.714. The summed E-state index contributed by atoms with van der Waals surface area (Å²) < 4.78 is 5.65. The van der Waals surface area contributed by atoms with Gasteiger partial charge in [0.15, 0.2) is 0 Å². The number of rotatable bonds is 5. The maximum absolute atomic E-state index is 5.65.